The van der Waals surface area contributed by atoms with Crippen LogP contribution in [0.2, 0.25) is 0 Å². The maximum Gasteiger partial charge on any atom is 0.243 e. The number of carbonyl (C=O) groups is 2. The molecule has 0 aromatic heterocycles. The molecule has 1 amide bonds. The smallest absolute Gasteiger partial charge is 0.243 e. The summed E-state index contributed by atoms with van der Waals surface area (Å²) >= 11 is 0. The van der Waals surface area contributed by atoms with Crippen molar-refractivity contribution in [2.24, 2.45) is 0 Å². The first-order valence-electron chi connectivity index (χ1n) is 10.0. The highest BCUT2D eigenvalue weighted by molar-refractivity contribution is 7.89. The molecular weight excluding hydrogens is 394 g/mol. The molecule has 160 valence electrons. The van der Waals surface area contributed by atoms with Crippen LogP contribution in [0.4, 0.5) is 0 Å². The number of piperazine rings is 1. The molecule has 0 spiro atoms. The van der Waals surface area contributed by atoms with E-state index in [1.54, 1.807) is 12.1 Å². The summed E-state index contributed by atoms with van der Waals surface area (Å²) in [5, 5.41) is 0. The Labute approximate surface area is 172 Å². The molecule has 0 radical (unpaired) electrons. The van der Waals surface area contributed by atoms with Gasteiger partial charge in [0.25, 0.3) is 0 Å². The number of morpholine rings is 1. The van der Waals surface area contributed by atoms with Crippen LogP contribution >= 0.6 is 0 Å². The molecule has 2 aliphatic heterocycles. The Morgan fingerprint density at radius 1 is 1.14 bits per heavy atom. The van der Waals surface area contributed by atoms with Crippen LogP contribution in [0, 0.1) is 0 Å². The zero-order valence-corrected chi connectivity index (χ0v) is 17.9. The van der Waals surface area contributed by atoms with Gasteiger partial charge in [-0.1, -0.05) is 19.1 Å². The lowest BCUT2D eigenvalue weighted by molar-refractivity contribution is -0.140. The Kier molecular flexibility index (Phi) is 7.05. The Balaban J connectivity index is 1.56. The van der Waals surface area contributed by atoms with Gasteiger partial charge in [-0.3, -0.25) is 14.5 Å². The van der Waals surface area contributed by atoms with E-state index in [9.17, 15) is 18.0 Å². The number of carbonyl (C=O) groups excluding carboxylic acids is 2. The largest absolute Gasteiger partial charge is 0.375 e. The minimum absolute atomic E-state index is 0.0669. The summed E-state index contributed by atoms with van der Waals surface area (Å²) in [6.45, 7) is 7.19. The van der Waals surface area contributed by atoms with Crippen molar-refractivity contribution >= 4 is 21.7 Å². The number of sulfonamides is 1. The number of benzene rings is 1. The lowest BCUT2D eigenvalue weighted by atomic mass is 10.2. The van der Waals surface area contributed by atoms with Crippen LogP contribution in [0.1, 0.15) is 30.6 Å². The number of amides is 1. The van der Waals surface area contributed by atoms with Gasteiger partial charge >= 0.3 is 0 Å². The molecule has 1 aromatic rings. The fourth-order valence-electron chi connectivity index (χ4n) is 3.64. The molecule has 2 saturated heterocycles. The summed E-state index contributed by atoms with van der Waals surface area (Å²) in [7, 11) is -3.66. The summed E-state index contributed by atoms with van der Waals surface area (Å²) in [5.41, 5.74) is 0.381. The maximum atomic E-state index is 12.9. The molecule has 0 N–H and O–H groups in total. The minimum Gasteiger partial charge on any atom is -0.375 e. The number of hydrogen-bond acceptors (Lipinski definition) is 6. The third-order valence-corrected chi connectivity index (χ3v) is 7.41. The third kappa shape index (κ3) is 5.22. The van der Waals surface area contributed by atoms with E-state index in [2.05, 4.69) is 0 Å². The molecule has 2 fully saturated rings. The molecule has 9 heteroatoms. The monoisotopic (exact) mass is 423 g/mol. The number of ketones is 1. The fourth-order valence-corrected chi connectivity index (χ4v) is 5.11. The van der Waals surface area contributed by atoms with Gasteiger partial charge in [0.15, 0.2) is 5.78 Å². The summed E-state index contributed by atoms with van der Waals surface area (Å²) in [5.74, 6) is -0.101. The topological polar surface area (TPSA) is 87.2 Å². The molecule has 0 aliphatic carbocycles. The molecule has 2 heterocycles. The molecule has 0 saturated carbocycles. The van der Waals surface area contributed by atoms with Gasteiger partial charge in [0.05, 0.1) is 24.2 Å². The van der Waals surface area contributed by atoms with E-state index in [1.165, 1.54) is 23.4 Å². The van der Waals surface area contributed by atoms with Crippen LogP contribution < -0.4 is 0 Å². The summed E-state index contributed by atoms with van der Waals surface area (Å²) in [6.07, 6.45) is 0.978. The number of nitrogens with zero attached hydrogens (tertiary/aromatic N) is 3. The molecule has 29 heavy (non-hydrogen) atoms. The summed E-state index contributed by atoms with van der Waals surface area (Å²) in [6, 6.07) is 6.14. The van der Waals surface area contributed by atoms with Crippen LogP contribution in [-0.4, -0.2) is 92.7 Å². The molecule has 8 nitrogen and oxygen atoms in total. The highest BCUT2D eigenvalue weighted by Gasteiger charge is 2.31. The van der Waals surface area contributed by atoms with Crippen molar-refractivity contribution in [3.8, 4) is 0 Å². The average Bonchev–Trinajstić information content (AvgIpc) is 2.74. The number of hydrogen-bond donors (Lipinski definition) is 0. The van der Waals surface area contributed by atoms with Crippen LogP contribution in [-0.2, 0) is 19.6 Å². The van der Waals surface area contributed by atoms with Crippen molar-refractivity contribution in [3.05, 3.63) is 29.8 Å². The summed E-state index contributed by atoms with van der Waals surface area (Å²) in [4.78, 5) is 28.1. The van der Waals surface area contributed by atoms with Crippen molar-refractivity contribution in [2.75, 3.05) is 52.4 Å². The zero-order valence-electron chi connectivity index (χ0n) is 17.0. The molecule has 3 rings (SSSR count). The van der Waals surface area contributed by atoms with Gasteiger partial charge in [-0.15, -0.1) is 0 Å². The van der Waals surface area contributed by atoms with Crippen molar-refractivity contribution in [2.45, 2.75) is 31.3 Å². The van der Waals surface area contributed by atoms with Gasteiger partial charge in [0.2, 0.25) is 15.9 Å². The lowest BCUT2D eigenvalue weighted by Gasteiger charge is -2.36. The average molecular weight is 424 g/mol. The maximum absolute atomic E-state index is 12.9. The molecule has 1 unspecified atom stereocenters. The SMILES string of the molecule is CCC1CN(C(=O)CN2CCN(S(=O)(=O)c3cccc(C(C)=O)c3)CC2)CCO1. The molecule has 2 aliphatic rings. The Morgan fingerprint density at radius 3 is 2.52 bits per heavy atom. The Bertz CT molecular complexity index is 849. The Hall–Kier alpha value is -1.81. The number of rotatable bonds is 6. The highest BCUT2D eigenvalue weighted by atomic mass is 32.2. The quantitative estimate of drug-likeness (QED) is 0.630. The van der Waals surface area contributed by atoms with Crippen LogP contribution in [0.5, 0.6) is 0 Å². The highest BCUT2D eigenvalue weighted by Crippen LogP contribution is 2.19. The molecule has 1 atom stereocenters. The second-order valence-corrected chi connectivity index (χ2v) is 9.44. The van der Waals surface area contributed by atoms with Crippen molar-refractivity contribution < 1.29 is 22.7 Å². The van der Waals surface area contributed by atoms with E-state index in [-0.39, 0.29) is 22.7 Å². The van der Waals surface area contributed by atoms with Gasteiger partial charge < -0.3 is 9.64 Å². The molecular formula is C20H29N3O5S. The van der Waals surface area contributed by atoms with Crippen molar-refractivity contribution in [1.29, 1.82) is 0 Å². The van der Waals surface area contributed by atoms with Crippen molar-refractivity contribution in [1.82, 2.24) is 14.1 Å². The van der Waals surface area contributed by atoms with Gasteiger partial charge in [0.1, 0.15) is 0 Å². The first kappa shape index (κ1) is 21.9. The first-order valence-corrected chi connectivity index (χ1v) is 11.5. The van der Waals surface area contributed by atoms with Gasteiger partial charge in [-0.05, 0) is 25.5 Å². The number of ether oxygens (including phenoxy) is 1. The minimum atomic E-state index is -3.66. The predicted octanol–water partition coefficient (Wildman–Crippen LogP) is 0.833. The second kappa shape index (κ2) is 9.34. The van der Waals surface area contributed by atoms with E-state index in [1.807, 2.05) is 16.7 Å². The van der Waals surface area contributed by atoms with Crippen LogP contribution in [0.25, 0.3) is 0 Å². The van der Waals surface area contributed by atoms with Gasteiger partial charge in [0, 0.05) is 44.8 Å². The third-order valence-electron chi connectivity index (χ3n) is 5.52. The van der Waals surface area contributed by atoms with E-state index in [4.69, 9.17) is 4.74 Å². The lowest BCUT2D eigenvalue weighted by Crippen LogP contribution is -2.53. The zero-order chi connectivity index (χ0) is 21.0. The number of Topliss-reactive ketones (excluding diaryl/α,β-unsaturated/α-hetero) is 1. The van der Waals surface area contributed by atoms with Gasteiger partial charge in [-0.2, -0.15) is 4.31 Å². The van der Waals surface area contributed by atoms with Crippen LogP contribution in [0.15, 0.2) is 29.2 Å². The van der Waals surface area contributed by atoms with E-state index < -0.39 is 10.0 Å². The van der Waals surface area contributed by atoms with Crippen LogP contribution in [0.3, 0.4) is 0 Å². The fraction of sp³-hybridized carbons (Fsp3) is 0.600. The Morgan fingerprint density at radius 2 is 1.86 bits per heavy atom. The normalized spacial score (nSPS) is 21.9. The van der Waals surface area contributed by atoms with Gasteiger partial charge in [-0.25, -0.2) is 8.42 Å². The van der Waals surface area contributed by atoms with E-state index >= 15 is 0 Å². The predicted molar refractivity (Wildman–Crippen MR) is 108 cm³/mol. The van der Waals surface area contributed by atoms with E-state index in [0.717, 1.165) is 6.42 Å². The standard InChI is InChI=1S/C20H29N3O5S/c1-3-18-14-22(11-12-28-18)20(25)15-21-7-9-23(10-8-21)29(26,27)19-6-4-5-17(13-19)16(2)24/h4-6,13,18H,3,7-12,14-15H2,1-2H3. The first-order chi connectivity index (χ1) is 13.8. The molecule has 0 bridgehead atoms. The van der Waals surface area contributed by atoms with Crippen molar-refractivity contribution in [3.63, 3.8) is 0 Å². The van der Waals surface area contributed by atoms with E-state index in [0.29, 0.717) is 58.0 Å². The second-order valence-electron chi connectivity index (χ2n) is 7.51. The summed E-state index contributed by atoms with van der Waals surface area (Å²) < 4.78 is 32.9. The molecule has 1 aromatic carbocycles.